The van der Waals surface area contributed by atoms with Crippen molar-refractivity contribution in [3.63, 3.8) is 0 Å². The lowest BCUT2D eigenvalue weighted by molar-refractivity contribution is -0.131. The minimum Gasteiger partial charge on any atom is -0.495 e. The van der Waals surface area contributed by atoms with Gasteiger partial charge < -0.3 is 25.0 Å². The summed E-state index contributed by atoms with van der Waals surface area (Å²) >= 11 is 6.38. The van der Waals surface area contributed by atoms with Crippen molar-refractivity contribution >= 4 is 50.5 Å². The first-order chi connectivity index (χ1) is 20.0. The molecule has 3 rings (SSSR count). The van der Waals surface area contributed by atoms with E-state index in [-0.39, 0.29) is 27.6 Å². The molecule has 0 saturated carbocycles. The molecule has 0 saturated heterocycles. The molecule has 0 atom stereocenters. The third kappa shape index (κ3) is 8.56. The average Bonchev–Trinajstić information content (AvgIpc) is 2.96. The molecule has 2 N–H and O–H groups in total. The highest BCUT2D eigenvalue weighted by Gasteiger charge is 2.23. The van der Waals surface area contributed by atoms with Crippen LogP contribution in [-0.4, -0.2) is 68.4 Å². The number of methoxy groups -OCH3 is 1. The van der Waals surface area contributed by atoms with Crippen LogP contribution in [0, 0.1) is 6.92 Å². The highest BCUT2D eigenvalue weighted by atomic mass is 35.5. The molecule has 0 fully saturated rings. The van der Waals surface area contributed by atoms with Crippen molar-refractivity contribution in [3.8, 4) is 5.75 Å². The monoisotopic (exact) mass is 617 g/mol. The predicted molar refractivity (Wildman–Crippen MR) is 167 cm³/mol. The van der Waals surface area contributed by atoms with Gasteiger partial charge in [-0.2, -0.15) is 4.98 Å². The summed E-state index contributed by atoms with van der Waals surface area (Å²) in [4.78, 5) is 23.1. The Balaban J connectivity index is 1.76. The number of carbonyl (C=O) groups excluding carboxylic acids is 1. The topological polar surface area (TPSA) is 123 Å². The van der Waals surface area contributed by atoms with Crippen LogP contribution in [0.1, 0.15) is 44.7 Å². The number of carbonyl (C=O) groups is 1. The van der Waals surface area contributed by atoms with Gasteiger partial charge in [0, 0.05) is 20.2 Å². The van der Waals surface area contributed by atoms with Crippen molar-refractivity contribution in [2.75, 3.05) is 44.5 Å². The molecule has 1 aromatic heterocycles. The molecule has 228 valence electrons. The molecular weight excluding hydrogens is 578 g/mol. The second-order valence-corrected chi connectivity index (χ2v) is 13.0. The number of para-hydroxylation sites is 1. The van der Waals surface area contributed by atoms with Gasteiger partial charge in [-0.15, -0.1) is 0 Å². The van der Waals surface area contributed by atoms with Gasteiger partial charge >= 0.3 is 0 Å². The maximum absolute atomic E-state index is 12.9. The molecule has 0 aliphatic rings. The minimum atomic E-state index is -3.55. The van der Waals surface area contributed by atoms with Gasteiger partial charge in [0.25, 0.3) is 0 Å². The minimum absolute atomic E-state index is 0.0442. The SMILES string of the molecule is CCCOCCC(=O)N(C)CCc1cc(OC)c(Nc2ncc(Cl)c(Nc3ccccc3S(=O)(=O)C(C)C)n2)cc1C. The molecule has 0 bridgehead atoms. The molecule has 10 nitrogen and oxygen atoms in total. The third-order valence-corrected chi connectivity index (χ3v) is 9.15. The summed E-state index contributed by atoms with van der Waals surface area (Å²) in [6.45, 7) is 8.94. The van der Waals surface area contributed by atoms with E-state index in [0.29, 0.717) is 49.7 Å². The number of nitrogens with zero attached hydrogens (tertiary/aromatic N) is 3. The van der Waals surface area contributed by atoms with Gasteiger partial charge in [-0.05, 0) is 69.0 Å². The summed E-state index contributed by atoms with van der Waals surface area (Å²) in [6, 6.07) is 10.5. The fourth-order valence-corrected chi connectivity index (χ4v) is 5.45. The first-order valence-electron chi connectivity index (χ1n) is 13.9. The average molecular weight is 618 g/mol. The third-order valence-electron chi connectivity index (χ3n) is 6.67. The number of halogens is 1. The molecule has 12 heteroatoms. The van der Waals surface area contributed by atoms with Crippen molar-refractivity contribution in [2.24, 2.45) is 0 Å². The number of rotatable bonds is 15. The van der Waals surface area contributed by atoms with Crippen LogP contribution in [0.2, 0.25) is 5.02 Å². The fourth-order valence-electron chi connectivity index (χ4n) is 4.11. The van der Waals surface area contributed by atoms with E-state index in [1.54, 1.807) is 57.2 Å². The number of likely N-dealkylation sites (N-methyl/N-ethyl adjacent to an activating group) is 1. The lowest BCUT2D eigenvalue weighted by Crippen LogP contribution is -2.29. The van der Waals surface area contributed by atoms with Gasteiger partial charge in [-0.3, -0.25) is 4.79 Å². The first-order valence-corrected chi connectivity index (χ1v) is 15.8. The Morgan fingerprint density at radius 1 is 1.12 bits per heavy atom. The number of anilines is 4. The van der Waals surface area contributed by atoms with E-state index >= 15 is 0 Å². The van der Waals surface area contributed by atoms with Crippen molar-refractivity contribution in [1.82, 2.24) is 14.9 Å². The highest BCUT2D eigenvalue weighted by molar-refractivity contribution is 7.92. The predicted octanol–water partition coefficient (Wildman–Crippen LogP) is 5.93. The summed E-state index contributed by atoms with van der Waals surface area (Å²) in [5.74, 6) is 1.12. The Morgan fingerprint density at radius 2 is 1.86 bits per heavy atom. The Hall–Kier alpha value is -3.41. The van der Waals surface area contributed by atoms with Gasteiger partial charge in [-0.25, -0.2) is 13.4 Å². The maximum Gasteiger partial charge on any atom is 0.229 e. The van der Waals surface area contributed by atoms with Crippen LogP contribution in [0.25, 0.3) is 0 Å². The van der Waals surface area contributed by atoms with Crippen LogP contribution < -0.4 is 15.4 Å². The smallest absolute Gasteiger partial charge is 0.229 e. The molecule has 0 aliphatic heterocycles. The first kappa shape index (κ1) is 33.1. The van der Waals surface area contributed by atoms with Gasteiger partial charge in [0.2, 0.25) is 11.9 Å². The van der Waals surface area contributed by atoms with E-state index in [1.807, 2.05) is 26.0 Å². The van der Waals surface area contributed by atoms with E-state index < -0.39 is 15.1 Å². The van der Waals surface area contributed by atoms with Crippen LogP contribution in [0.4, 0.5) is 23.1 Å². The van der Waals surface area contributed by atoms with E-state index in [2.05, 4.69) is 20.6 Å². The quantitative estimate of drug-likeness (QED) is 0.200. The standard InChI is InChI=1S/C30H40ClN5O5S/c1-7-15-41-16-13-28(37)36(5)14-12-22-18-26(40-6)25(17-21(22)4)34-30-32-19-23(31)29(35-30)33-24-10-8-9-11-27(24)42(38,39)20(2)3/h8-11,17-20H,7,12-16H2,1-6H3,(H2,32,33,34,35). The summed E-state index contributed by atoms with van der Waals surface area (Å²) in [5, 5.41) is 5.87. The maximum atomic E-state index is 12.9. The van der Waals surface area contributed by atoms with Crippen molar-refractivity contribution in [1.29, 1.82) is 0 Å². The second-order valence-electron chi connectivity index (χ2n) is 10.1. The number of ether oxygens (including phenoxy) is 2. The van der Waals surface area contributed by atoms with Crippen LogP contribution in [-0.2, 0) is 25.8 Å². The number of aryl methyl sites for hydroxylation is 1. The molecule has 42 heavy (non-hydrogen) atoms. The Morgan fingerprint density at radius 3 is 2.55 bits per heavy atom. The molecule has 0 unspecified atom stereocenters. The van der Waals surface area contributed by atoms with Gasteiger partial charge in [0.05, 0.1) is 47.9 Å². The molecule has 3 aromatic rings. The van der Waals surface area contributed by atoms with E-state index in [0.717, 1.165) is 17.5 Å². The number of aromatic nitrogens is 2. The van der Waals surface area contributed by atoms with Crippen LogP contribution in [0.15, 0.2) is 47.5 Å². The highest BCUT2D eigenvalue weighted by Crippen LogP contribution is 2.33. The number of sulfone groups is 1. The molecule has 0 spiro atoms. The largest absolute Gasteiger partial charge is 0.495 e. The lowest BCUT2D eigenvalue weighted by Gasteiger charge is -2.19. The van der Waals surface area contributed by atoms with Crippen LogP contribution in [0.3, 0.4) is 0 Å². The summed E-state index contributed by atoms with van der Waals surface area (Å²) in [6.07, 6.45) is 3.38. The van der Waals surface area contributed by atoms with E-state index in [4.69, 9.17) is 21.1 Å². The molecular formula is C30H40ClN5O5S. The summed E-state index contributed by atoms with van der Waals surface area (Å²) in [5.41, 5.74) is 3.06. The van der Waals surface area contributed by atoms with Gasteiger partial charge in [0.1, 0.15) is 10.8 Å². The number of hydrogen-bond acceptors (Lipinski definition) is 9. The zero-order valence-electron chi connectivity index (χ0n) is 25.0. The molecule has 1 heterocycles. The zero-order valence-corrected chi connectivity index (χ0v) is 26.6. The second kappa shape index (κ2) is 15.2. The summed E-state index contributed by atoms with van der Waals surface area (Å²) < 4.78 is 36.9. The molecule has 0 radical (unpaired) electrons. The van der Waals surface area contributed by atoms with E-state index in [9.17, 15) is 13.2 Å². The number of hydrogen-bond donors (Lipinski definition) is 2. The fraction of sp³-hybridized carbons (Fsp3) is 0.433. The number of benzene rings is 2. The summed E-state index contributed by atoms with van der Waals surface area (Å²) in [7, 11) is -0.174. The Labute approximate surface area is 253 Å². The van der Waals surface area contributed by atoms with Crippen molar-refractivity contribution in [3.05, 3.63) is 58.7 Å². The Bertz CT molecular complexity index is 1480. The van der Waals surface area contributed by atoms with Gasteiger partial charge in [-0.1, -0.05) is 30.7 Å². The van der Waals surface area contributed by atoms with Crippen LogP contribution >= 0.6 is 11.6 Å². The lowest BCUT2D eigenvalue weighted by atomic mass is 10.0. The van der Waals surface area contributed by atoms with Crippen molar-refractivity contribution in [2.45, 2.75) is 57.1 Å². The van der Waals surface area contributed by atoms with Crippen LogP contribution in [0.5, 0.6) is 5.75 Å². The number of nitrogens with one attached hydrogen (secondary N) is 2. The number of amides is 1. The molecule has 2 aromatic carbocycles. The van der Waals surface area contributed by atoms with E-state index in [1.165, 1.54) is 6.20 Å². The normalized spacial score (nSPS) is 11.4. The molecule has 1 amide bonds. The Kier molecular flexibility index (Phi) is 12.0. The van der Waals surface area contributed by atoms with Crippen molar-refractivity contribution < 1.29 is 22.7 Å². The molecule has 0 aliphatic carbocycles. The zero-order chi connectivity index (χ0) is 30.9. The van der Waals surface area contributed by atoms with Gasteiger partial charge in [0.15, 0.2) is 15.7 Å².